The molecule has 0 spiro atoms. The van der Waals surface area contributed by atoms with Crippen molar-refractivity contribution in [3.63, 3.8) is 0 Å². The molecular weight excluding hydrogens is 431 g/mol. The first-order chi connectivity index (χ1) is 16.2. The first-order valence-corrected chi connectivity index (χ1v) is 11.4. The Morgan fingerprint density at radius 3 is 2.39 bits per heavy atom. The maximum absolute atomic E-state index is 13.5. The normalized spacial score (nSPS) is 12.2. The van der Waals surface area contributed by atoms with Crippen molar-refractivity contribution >= 4 is 29.3 Å². The quantitative estimate of drug-likeness (QED) is 0.307. The number of nitrogens with one attached hydrogen (secondary N) is 2. The second kappa shape index (κ2) is 9.45. The molecule has 0 saturated heterocycles. The highest BCUT2D eigenvalue weighted by atomic mass is 32.2. The Hall–Kier alpha value is -3.67. The summed E-state index contributed by atoms with van der Waals surface area (Å²) in [4.78, 5) is 15.0. The summed E-state index contributed by atoms with van der Waals surface area (Å²) >= 11 is 1.67. The number of hydrazine groups is 1. The summed E-state index contributed by atoms with van der Waals surface area (Å²) in [7, 11) is 0. The van der Waals surface area contributed by atoms with E-state index in [1.807, 2.05) is 60.7 Å². The first-order valence-electron chi connectivity index (χ1n) is 10.6. The molecule has 0 aliphatic carbocycles. The molecule has 0 fully saturated rings. The van der Waals surface area contributed by atoms with E-state index in [9.17, 15) is 9.18 Å². The third-order valence-electron chi connectivity index (χ3n) is 5.46. The molecule has 0 aromatic heterocycles. The smallest absolute Gasteiger partial charge is 0.265 e. The van der Waals surface area contributed by atoms with E-state index in [1.54, 1.807) is 23.9 Å². The molecule has 0 bridgehead atoms. The second-order valence-electron chi connectivity index (χ2n) is 7.71. The summed E-state index contributed by atoms with van der Waals surface area (Å²) in [6, 6.07) is 30.3. The predicted octanol–water partition coefficient (Wildman–Crippen LogP) is 6.31. The Kier molecular flexibility index (Phi) is 6.07. The van der Waals surface area contributed by atoms with Crippen LogP contribution in [0.1, 0.15) is 32.6 Å². The van der Waals surface area contributed by atoms with Gasteiger partial charge in [0.15, 0.2) is 0 Å². The molecule has 4 aromatic rings. The number of carbonyl (C=O) groups is 1. The fraction of sp³-hybridized carbons (Fsp3) is 0.0357. The van der Waals surface area contributed by atoms with Gasteiger partial charge in [0, 0.05) is 21.9 Å². The molecular formula is C28H21FN2OS. The number of halogens is 1. The van der Waals surface area contributed by atoms with Gasteiger partial charge in [-0.15, -0.1) is 0 Å². The Balaban J connectivity index is 1.45. The van der Waals surface area contributed by atoms with E-state index in [-0.39, 0.29) is 11.7 Å². The molecule has 2 N–H and O–H groups in total. The fourth-order valence-corrected chi connectivity index (χ4v) is 4.83. The molecule has 5 rings (SSSR count). The highest BCUT2D eigenvalue weighted by Crippen LogP contribution is 2.42. The second-order valence-corrected chi connectivity index (χ2v) is 8.79. The van der Waals surface area contributed by atoms with Crippen molar-refractivity contribution < 1.29 is 9.18 Å². The number of fused-ring (bicyclic) bond motifs is 2. The fourth-order valence-electron chi connectivity index (χ4n) is 3.79. The van der Waals surface area contributed by atoms with E-state index in [0.717, 1.165) is 37.6 Å². The molecule has 0 atom stereocenters. The van der Waals surface area contributed by atoms with Crippen LogP contribution in [0.4, 0.5) is 4.39 Å². The molecule has 3 nitrogen and oxygen atoms in total. The van der Waals surface area contributed by atoms with E-state index in [1.165, 1.54) is 12.1 Å². The summed E-state index contributed by atoms with van der Waals surface area (Å²) in [5.41, 5.74) is 11.4. The highest BCUT2D eigenvalue weighted by Gasteiger charge is 2.18. The van der Waals surface area contributed by atoms with Gasteiger partial charge >= 0.3 is 0 Å². The van der Waals surface area contributed by atoms with Crippen LogP contribution in [-0.2, 0) is 6.54 Å². The lowest BCUT2D eigenvalue weighted by Crippen LogP contribution is -2.36. The molecule has 162 valence electrons. The van der Waals surface area contributed by atoms with Crippen LogP contribution in [-0.4, -0.2) is 5.91 Å². The summed E-state index contributed by atoms with van der Waals surface area (Å²) < 4.78 is 13.5. The van der Waals surface area contributed by atoms with Crippen LogP contribution in [0.25, 0.3) is 11.6 Å². The van der Waals surface area contributed by atoms with Crippen molar-refractivity contribution in [1.29, 1.82) is 0 Å². The van der Waals surface area contributed by atoms with Crippen molar-refractivity contribution in [3.8, 4) is 0 Å². The van der Waals surface area contributed by atoms with Gasteiger partial charge in [-0.05, 0) is 70.3 Å². The van der Waals surface area contributed by atoms with Crippen LogP contribution < -0.4 is 10.9 Å². The van der Waals surface area contributed by atoms with Gasteiger partial charge in [-0.1, -0.05) is 72.4 Å². The van der Waals surface area contributed by atoms with Crippen molar-refractivity contribution in [2.75, 3.05) is 0 Å². The summed E-state index contributed by atoms with van der Waals surface area (Å²) in [6.07, 6.45) is 2.08. The maximum atomic E-state index is 13.5. The van der Waals surface area contributed by atoms with Crippen molar-refractivity contribution in [2.24, 2.45) is 0 Å². The number of benzene rings is 4. The zero-order chi connectivity index (χ0) is 22.6. The van der Waals surface area contributed by atoms with Gasteiger partial charge in [-0.3, -0.25) is 10.2 Å². The molecule has 1 amide bonds. The van der Waals surface area contributed by atoms with Crippen LogP contribution >= 0.6 is 11.8 Å². The lowest BCUT2D eigenvalue weighted by Gasteiger charge is -2.10. The maximum Gasteiger partial charge on any atom is 0.265 e. The van der Waals surface area contributed by atoms with Crippen molar-refractivity contribution in [3.05, 3.63) is 131 Å². The SMILES string of the molecule is O=C(NNCc1ccccc1)c1ccc2c(c1)C=C(c1ccc(F)cc1)c1ccccc1S2. The van der Waals surface area contributed by atoms with Gasteiger partial charge < -0.3 is 0 Å². The Bertz CT molecular complexity index is 1330. The monoisotopic (exact) mass is 452 g/mol. The van der Waals surface area contributed by atoms with E-state index in [4.69, 9.17) is 0 Å². The average Bonchev–Trinajstić information content (AvgIpc) is 3.01. The molecule has 0 radical (unpaired) electrons. The molecule has 1 aliphatic heterocycles. The summed E-state index contributed by atoms with van der Waals surface area (Å²) in [6.45, 7) is 0.539. The number of rotatable bonds is 5. The number of hydrogen-bond donors (Lipinski definition) is 2. The van der Waals surface area contributed by atoms with E-state index < -0.39 is 0 Å². The van der Waals surface area contributed by atoms with E-state index >= 15 is 0 Å². The van der Waals surface area contributed by atoms with Crippen LogP contribution in [0.2, 0.25) is 0 Å². The molecule has 4 aromatic carbocycles. The highest BCUT2D eigenvalue weighted by molar-refractivity contribution is 7.99. The van der Waals surface area contributed by atoms with Gasteiger partial charge in [-0.2, -0.15) is 0 Å². The van der Waals surface area contributed by atoms with Crippen molar-refractivity contribution in [2.45, 2.75) is 16.3 Å². The molecule has 0 unspecified atom stereocenters. The van der Waals surface area contributed by atoms with Crippen LogP contribution in [0.15, 0.2) is 107 Å². The van der Waals surface area contributed by atoms with Gasteiger partial charge in [0.25, 0.3) is 5.91 Å². The largest absolute Gasteiger partial charge is 0.287 e. The van der Waals surface area contributed by atoms with E-state index in [0.29, 0.717) is 12.1 Å². The zero-order valence-corrected chi connectivity index (χ0v) is 18.5. The van der Waals surface area contributed by atoms with E-state index in [2.05, 4.69) is 29.1 Å². The molecule has 1 heterocycles. The lowest BCUT2D eigenvalue weighted by atomic mass is 9.95. The molecule has 1 aliphatic rings. The minimum atomic E-state index is -0.266. The lowest BCUT2D eigenvalue weighted by molar-refractivity contribution is 0.0932. The average molecular weight is 453 g/mol. The Morgan fingerprint density at radius 2 is 1.58 bits per heavy atom. The summed E-state index contributed by atoms with van der Waals surface area (Å²) in [5, 5.41) is 0. The standard InChI is InChI=1S/C28H21FN2OS/c29-23-13-10-20(11-14-23)25-17-22-16-21(28(32)31-30-18-19-6-2-1-3-7-19)12-15-26(22)33-27-9-5-4-8-24(25)27/h1-17,30H,18H2,(H,31,32). The van der Waals surface area contributed by atoms with Crippen LogP contribution in [0.3, 0.4) is 0 Å². The topological polar surface area (TPSA) is 41.1 Å². The van der Waals surface area contributed by atoms with Crippen LogP contribution in [0.5, 0.6) is 0 Å². The summed E-state index contributed by atoms with van der Waals surface area (Å²) in [5.74, 6) is -0.463. The number of amides is 1. The number of hydrogen-bond acceptors (Lipinski definition) is 3. The molecule has 33 heavy (non-hydrogen) atoms. The van der Waals surface area contributed by atoms with Crippen LogP contribution in [0, 0.1) is 5.82 Å². The first kappa shape index (κ1) is 21.2. The van der Waals surface area contributed by atoms with Gasteiger partial charge in [-0.25, -0.2) is 9.82 Å². The van der Waals surface area contributed by atoms with Gasteiger partial charge in [0.2, 0.25) is 0 Å². The predicted molar refractivity (Wildman–Crippen MR) is 131 cm³/mol. The third-order valence-corrected chi connectivity index (χ3v) is 6.63. The zero-order valence-electron chi connectivity index (χ0n) is 17.7. The third kappa shape index (κ3) is 4.75. The number of carbonyl (C=O) groups excluding carboxylic acids is 1. The van der Waals surface area contributed by atoms with Crippen molar-refractivity contribution in [1.82, 2.24) is 10.9 Å². The van der Waals surface area contributed by atoms with Gasteiger partial charge in [0.1, 0.15) is 5.82 Å². The Morgan fingerprint density at radius 1 is 0.818 bits per heavy atom. The minimum Gasteiger partial charge on any atom is -0.287 e. The molecule has 0 saturated carbocycles. The molecule has 5 heteroatoms. The minimum absolute atomic E-state index is 0.197. The Labute approximate surface area is 196 Å². The van der Waals surface area contributed by atoms with Gasteiger partial charge in [0.05, 0.1) is 0 Å².